The van der Waals surface area contributed by atoms with Crippen LogP contribution in [0.5, 0.6) is 5.75 Å². The molecule has 8 nitrogen and oxygen atoms in total. The van der Waals surface area contributed by atoms with E-state index in [9.17, 15) is 18.0 Å². The fraction of sp³-hybridized carbons (Fsp3) is 0.333. The molecule has 0 spiro atoms. The minimum Gasteiger partial charge on any atom is -0.495 e. The maximum absolute atomic E-state index is 14.1. The fourth-order valence-corrected chi connectivity index (χ4v) is 5.75. The van der Waals surface area contributed by atoms with Crippen molar-refractivity contribution in [2.75, 3.05) is 18.0 Å². The minimum absolute atomic E-state index is 0.00369. The van der Waals surface area contributed by atoms with Gasteiger partial charge in [0.25, 0.3) is 10.0 Å². The Kier molecular flexibility index (Phi) is 10.2. The van der Waals surface area contributed by atoms with E-state index in [0.717, 1.165) is 21.0 Å². The van der Waals surface area contributed by atoms with E-state index in [4.69, 9.17) is 16.3 Å². The lowest BCUT2D eigenvalue weighted by Crippen LogP contribution is -2.52. The van der Waals surface area contributed by atoms with Gasteiger partial charge < -0.3 is 15.0 Å². The van der Waals surface area contributed by atoms with Crippen molar-refractivity contribution in [3.05, 3.63) is 88.4 Å². The molecule has 1 N–H and O–H groups in total. The molecular formula is C30H36ClN3O5S. The van der Waals surface area contributed by atoms with Crippen molar-refractivity contribution in [2.24, 2.45) is 0 Å². The molecule has 3 aromatic carbocycles. The van der Waals surface area contributed by atoms with E-state index in [1.807, 2.05) is 52.0 Å². The van der Waals surface area contributed by atoms with E-state index in [1.54, 1.807) is 31.2 Å². The maximum Gasteiger partial charge on any atom is 0.264 e. The molecule has 0 fully saturated rings. The Labute approximate surface area is 241 Å². The summed E-state index contributed by atoms with van der Waals surface area (Å²) < 4.78 is 34.5. The summed E-state index contributed by atoms with van der Waals surface area (Å²) in [5.74, 6) is -0.679. The second kappa shape index (κ2) is 13.2. The molecule has 0 unspecified atom stereocenters. The van der Waals surface area contributed by atoms with Gasteiger partial charge in [0, 0.05) is 17.6 Å². The zero-order valence-corrected chi connectivity index (χ0v) is 25.2. The Balaban J connectivity index is 2.12. The number of amides is 2. The number of carbonyl (C=O) groups excluding carboxylic acids is 2. The molecule has 1 atom stereocenters. The van der Waals surface area contributed by atoms with Crippen molar-refractivity contribution in [1.82, 2.24) is 10.2 Å². The van der Waals surface area contributed by atoms with Crippen molar-refractivity contribution in [1.29, 1.82) is 0 Å². The monoisotopic (exact) mass is 585 g/mol. The van der Waals surface area contributed by atoms with Crippen molar-refractivity contribution in [3.63, 3.8) is 0 Å². The maximum atomic E-state index is 14.1. The summed E-state index contributed by atoms with van der Waals surface area (Å²) in [5.41, 5.74) is 2.78. The number of anilines is 1. The lowest BCUT2D eigenvalue weighted by Gasteiger charge is -2.33. The van der Waals surface area contributed by atoms with Crippen molar-refractivity contribution < 1.29 is 22.7 Å². The Morgan fingerprint density at radius 2 is 1.62 bits per heavy atom. The van der Waals surface area contributed by atoms with Crippen LogP contribution in [0.15, 0.2) is 71.6 Å². The summed E-state index contributed by atoms with van der Waals surface area (Å²) in [6.45, 7) is 8.60. The van der Waals surface area contributed by atoms with E-state index in [2.05, 4.69) is 5.32 Å². The highest BCUT2D eigenvalue weighted by Crippen LogP contribution is 2.35. The summed E-state index contributed by atoms with van der Waals surface area (Å²) in [6, 6.07) is 17.4. The highest BCUT2D eigenvalue weighted by molar-refractivity contribution is 7.92. The standard InChI is InChI=1S/C30H36ClN3O5S/c1-20(2)32-30(36)23(5)33(18-24-10-8-7-9-22(24)4)29(35)19-34(27-17-25(31)13-16-28(27)39-6)40(37,38)26-14-11-21(3)12-15-26/h7-17,20,23H,18-19H2,1-6H3,(H,32,36)/t23-/m0/s1. The number of nitrogens with one attached hydrogen (secondary N) is 1. The summed E-state index contributed by atoms with van der Waals surface area (Å²) in [6.07, 6.45) is 0. The predicted molar refractivity (Wildman–Crippen MR) is 158 cm³/mol. The van der Waals surface area contributed by atoms with Crippen LogP contribution >= 0.6 is 11.6 Å². The zero-order valence-electron chi connectivity index (χ0n) is 23.6. The third kappa shape index (κ3) is 7.34. The van der Waals surface area contributed by atoms with Gasteiger partial charge in [0.15, 0.2) is 0 Å². The number of sulfonamides is 1. The number of aryl methyl sites for hydroxylation is 2. The molecular weight excluding hydrogens is 550 g/mol. The first-order chi connectivity index (χ1) is 18.8. The normalized spacial score (nSPS) is 12.1. The zero-order chi connectivity index (χ0) is 29.6. The highest BCUT2D eigenvalue weighted by atomic mass is 35.5. The molecule has 3 rings (SSSR count). The number of halogens is 1. The van der Waals surface area contributed by atoms with Crippen molar-refractivity contribution in [3.8, 4) is 5.75 Å². The van der Waals surface area contributed by atoms with Gasteiger partial charge in [0.05, 0.1) is 17.7 Å². The van der Waals surface area contributed by atoms with E-state index in [1.165, 1.54) is 30.2 Å². The van der Waals surface area contributed by atoms with Crippen LogP contribution in [0.2, 0.25) is 5.02 Å². The van der Waals surface area contributed by atoms with Crippen LogP contribution in [0.3, 0.4) is 0 Å². The molecule has 214 valence electrons. The molecule has 0 saturated carbocycles. The molecule has 0 aliphatic carbocycles. The average molecular weight is 586 g/mol. The number of carbonyl (C=O) groups is 2. The Morgan fingerprint density at radius 3 is 2.23 bits per heavy atom. The van der Waals surface area contributed by atoms with E-state index in [0.29, 0.717) is 0 Å². The number of ether oxygens (including phenoxy) is 1. The number of nitrogens with zero attached hydrogens (tertiary/aromatic N) is 2. The molecule has 2 amide bonds. The Hall–Kier alpha value is -3.56. The number of benzene rings is 3. The molecule has 0 aliphatic rings. The van der Waals surface area contributed by atoms with Gasteiger partial charge >= 0.3 is 0 Å². The summed E-state index contributed by atoms with van der Waals surface area (Å²) >= 11 is 6.27. The molecule has 3 aromatic rings. The number of rotatable bonds is 11. The van der Waals surface area contributed by atoms with E-state index < -0.39 is 28.5 Å². The van der Waals surface area contributed by atoms with Gasteiger partial charge in [-0.05, 0) is 76.1 Å². The van der Waals surface area contributed by atoms with E-state index in [-0.39, 0.29) is 39.8 Å². The Bertz CT molecular complexity index is 1460. The van der Waals surface area contributed by atoms with Crippen LogP contribution in [0, 0.1) is 13.8 Å². The molecule has 0 bridgehead atoms. The van der Waals surface area contributed by atoms with Crippen LogP contribution in [0.1, 0.15) is 37.5 Å². The molecule has 0 heterocycles. The van der Waals surface area contributed by atoms with Crippen LogP contribution in [-0.4, -0.2) is 50.9 Å². The summed E-state index contributed by atoms with van der Waals surface area (Å²) in [4.78, 5) is 28.5. The van der Waals surface area contributed by atoms with Gasteiger partial charge in [-0.15, -0.1) is 0 Å². The SMILES string of the molecule is COc1ccc(Cl)cc1N(CC(=O)N(Cc1ccccc1C)[C@@H](C)C(=O)NC(C)C)S(=O)(=O)c1ccc(C)cc1. The summed E-state index contributed by atoms with van der Waals surface area (Å²) in [5, 5.41) is 3.12. The third-order valence-corrected chi connectivity index (χ3v) is 8.51. The largest absolute Gasteiger partial charge is 0.495 e. The molecule has 0 aromatic heterocycles. The summed E-state index contributed by atoms with van der Waals surface area (Å²) in [7, 11) is -2.84. The van der Waals surface area contributed by atoms with Gasteiger partial charge in [-0.2, -0.15) is 0 Å². The molecule has 0 saturated heterocycles. The predicted octanol–water partition coefficient (Wildman–Crippen LogP) is 5.10. The number of hydrogen-bond acceptors (Lipinski definition) is 5. The smallest absolute Gasteiger partial charge is 0.264 e. The molecule has 0 aliphatic heterocycles. The first-order valence-electron chi connectivity index (χ1n) is 12.9. The second-order valence-electron chi connectivity index (χ2n) is 9.93. The van der Waals surface area contributed by atoms with Crippen LogP contribution in [0.4, 0.5) is 5.69 Å². The molecule has 40 heavy (non-hydrogen) atoms. The van der Waals surface area contributed by atoms with Gasteiger partial charge in [0.2, 0.25) is 11.8 Å². The van der Waals surface area contributed by atoms with Crippen LogP contribution in [-0.2, 0) is 26.2 Å². The number of hydrogen-bond donors (Lipinski definition) is 1. The number of methoxy groups -OCH3 is 1. The first-order valence-corrected chi connectivity index (χ1v) is 14.7. The average Bonchev–Trinajstić information content (AvgIpc) is 2.90. The van der Waals surface area contributed by atoms with Crippen LogP contribution in [0.25, 0.3) is 0 Å². The highest BCUT2D eigenvalue weighted by Gasteiger charge is 2.34. The minimum atomic E-state index is -4.25. The van der Waals surface area contributed by atoms with Crippen molar-refractivity contribution in [2.45, 2.75) is 58.1 Å². The molecule has 0 radical (unpaired) electrons. The topological polar surface area (TPSA) is 96.0 Å². The van der Waals surface area contributed by atoms with Gasteiger partial charge in [-0.1, -0.05) is 53.6 Å². The fourth-order valence-electron chi connectivity index (χ4n) is 4.17. The van der Waals surface area contributed by atoms with Gasteiger partial charge in [-0.25, -0.2) is 8.42 Å². The molecule has 10 heteroatoms. The lowest BCUT2D eigenvalue weighted by atomic mass is 10.1. The quantitative estimate of drug-likeness (QED) is 0.338. The van der Waals surface area contributed by atoms with Crippen LogP contribution < -0.4 is 14.4 Å². The first kappa shape index (κ1) is 31.0. The van der Waals surface area contributed by atoms with E-state index >= 15 is 0 Å². The Morgan fingerprint density at radius 1 is 0.975 bits per heavy atom. The lowest BCUT2D eigenvalue weighted by molar-refractivity contribution is -0.139. The van der Waals surface area contributed by atoms with Gasteiger partial charge in [-0.3, -0.25) is 13.9 Å². The van der Waals surface area contributed by atoms with Gasteiger partial charge in [0.1, 0.15) is 18.3 Å². The second-order valence-corrected chi connectivity index (χ2v) is 12.2. The van der Waals surface area contributed by atoms with Crippen molar-refractivity contribution >= 4 is 39.1 Å². The third-order valence-electron chi connectivity index (χ3n) is 6.50.